The van der Waals surface area contributed by atoms with E-state index in [1.54, 1.807) is 4.68 Å². The van der Waals surface area contributed by atoms with Crippen LogP contribution in [0.2, 0.25) is 0 Å². The van der Waals surface area contributed by atoms with E-state index in [2.05, 4.69) is 41.4 Å². The van der Waals surface area contributed by atoms with E-state index in [4.69, 9.17) is 10.2 Å². The second-order valence-corrected chi connectivity index (χ2v) is 9.20. The Kier molecular flexibility index (Phi) is 6.27. The highest BCUT2D eigenvalue weighted by molar-refractivity contribution is 7.97. The van der Waals surface area contributed by atoms with Crippen LogP contribution in [-0.4, -0.2) is 25.8 Å². The summed E-state index contributed by atoms with van der Waals surface area (Å²) in [4.78, 5) is 16.5. The third-order valence-corrected chi connectivity index (χ3v) is 6.77. The smallest absolute Gasteiger partial charge is 0.355 e. The van der Waals surface area contributed by atoms with Gasteiger partial charge in [0, 0.05) is 34.0 Å². The van der Waals surface area contributed by atoms with Crippen LogP contribution in [-0.2, 0) is 6.42 Å². The SMILES string of the molecule is NSc1ccc(Cc2cn(-c3nc(C(=O)O)cs3)nc2-c2cccc(-c3ccccc3)c2)cc1. The van der Waals surface area contributed by atoms with Crippen molar-refractivity contribution in [3.8, 4) is 27.5 Å². The van der Waals surface area contributed by atoms with Gasteiger partial charge in [0.1, 0.15) is 0 Å². The number of hydrogen-bond donors (Lipinski definition) is 2. The highest BCUT2D eigenvalue weighted by atomic mass is 32.2. The van der Waals surface area contributed by atoms with Gasteiger partial charge < -0.3 is 5.11 Å². The number of nitrogens with two attached hydrogens (primary N) is 1. The fourth-order valence-corrected chi connectivity index (χ4v) is 4.75. The second kappa shape index (κ2) is 9.64. The lowest BCUT2D eigenvalue weighted by atomic mass is 9.98. The van der Waals surface area contributed by atoms with Crippen LogP contribution < -0.4 is 5.14 Å². The molecule has 5 aromatic rings. The first-order valence-corrected chi connectivity index (χ1v) is 12.3. The van der Waals surface area contributed by atoms with E-state index in [1.807, 2.05) is 48.7 Å². The van der Waals surface area contributed by atoms with Crippen molar-refractivity contribution >= 4 is 29.3 Å². The predicted molar refractivity (Wildman–Crippen MR) is 136 cm³/mol. The molecule has 0 bridgehead atoms. The van der Waals surface area contributed by atoms with Gasteiger partial charge >= 0.3 is 5.97 Å². The van der Waals surface area contributed by atoms with Crippen molar-refractivity contribution in [2.45, 2.75) is 11.3 Å². The molecule has 0 amide bonds. The number of aromatic nitrogens is 3. The first kappa shape index (κ1) is 22.1. The molecule has 0 aliphatic carbocycles. The van der Waals surface area contributed by atoms with E-state index in [1.165, 1.54) is 28.7 Å². The van der Waals surface area contributed by atoms with Crippen LogP contribution in [0.4, 0.5) is 0 Å². The number of benzene rings is 3. The summed E-state index contributed by atoms with van der Waals surface area (Å²) >= 11 is 2.47. The summed E-state index contributed by atoms with van der Waals surface area (Å²) < 4.78 is 1.67. The van der Waals surface area contributed by atoms with Crippen molar-refractivity contribution in [3.63, 3.8) is 0 Å². The van der Waals surface area contributed by atoms with Gasteiger partial charge in [0.15, 0.2) is 5.69 Å². The molecule has 0 fully saturated rings. The Balaban J connectivity index is 1.58. The first-order valence-electron chi connectivity index (χ1n) is 10.5. The summed E-state index contributed by atoms with van der Waals surface area (Å²) in [5, 5.41) is 21.8. The zero-order chi connectivity index (χ0) is 23.5. The standard InChI is InChI=1S/C26H20N4O2S2/c27-34-22-11-9-17(10-12-22)13-21-15-30(26-28-23(16-33-26)25(31)32)29-24(21)20-8-4-7-19(14-20)18-5-2-1-3-6-18/h1-12,14-16H,13,27H2,(H,31,32). The molecular weight excluding hydrogens is 464 g/mol. The Morgan fingerprint density at radius 1 is 0.971 bits per heavy atom. The summed E-state index contributed by atoms with van der Waals surface area (Å²) in [7, 11) is 0. The summed E-state index contributed by atoms with van der Waals surface area (Å²) in [5.41, 5.74) is 6.21. The average molecular weight is 485 g/mol. The van der Waals surface area contributed by atoms with Gasteiger partial charge in [-0.3, -0.25) is 5.14 Å². The number of hydrogen-bond acceptors (Lipinski definition) is 6. The molecule has 34 heavy (non-hydrogen) atoms. The van der Waals surface area contributed by atoms with Crippen LogP contribution >= 0.6 is 23.3 Å². The van der Waals surface area contributed by atoms with Gasteiger partial charge in [0.2, 0.25) is 5.13 Å². The van der Waals surface area contributed by atoms with Crippen LogP contribution in [0, 0.1) is 0 Å². The van der Waals surface area contributed by atoms with E-state index in [9.17, 15) is 9.90 Å². The quantitative estimate of drug-likeness (QED) is 0.279. The van der Waals surface area contributed by atoms with Gasteiger partial charge in [-0.15, -0.1) is 11.3 Å². The monoisotopic (exact) mass is 484 g/mol. The van der Waals surface area contributed by atoms with Crippen molar-refractivity contribution in [2.24, 2.45) is 5.14 Å². The molecule has 0 unspecified atom stereocenters. The number of carboxylic acids is 1. The molecule has 6 nitrogen and oxygen atoms in total. The molecule has 2 heterocycles. The fourth-order valence-electron chi connectivity index (χ4n) is 3.73. The van der Waals surface area contributed by atoms with Gasteiger partial charge in [-0.25, -0.2) is 14.5 Å². The maximum absolute atomic E-state index is 11.3. The second-order valence-electron chi connectivity index (χ2n) is 7.65. The van der Waals surface area contributed by atoms with Gasteiger partial charge in [0.25, 0.3) is 0 Å². The third kappa shape index (κ3) is 4.65. The van der Waals surface area contributed by atoms with Gasteiger partial charge in [-0.1, -0.05) is 60.7 Å². The Labute approximate surface area is 204 Å². The Hall–Kier alpha value is -3.72. The zero-order valence-electron chi connectivity index (χ0n) is 18.0. The molecule has 3 aromatic carbocycles. The molecule has 0 atom stereocenters. The molecule has 0 saturated heterocycles. The van der Waals surface area contributed by atoms with Crippen molar-refractivity contribution in [1.29, 1.82) is 0 Å². The lowest BCUT2D eigenvalue weighted by Gasteiger charge is -2.07. The van der Waals surface area contributed by atoms with Crippen molar-refractivity contribution < 1.29 is 9.90 Å². The average Bonchev–Trinajstić information content (AvgIpc) is 3.53. The molecular formula is C26H20N4O2S2. The van der Waals surface area contributed by atoms with Gasteiger partial charge in [-0.05, 0) is 46.8 Å². The van der Waals surface area contributed by atoms with Crippen LogP contribution in [0.15, 0.2) is 95.3 Å². The van der Waals surface area contributed by atoms with E-state index < -0.39 is 5.97 Å². The number of carboxylic acid groups (broad SMARTS) is 1. The third-order valence-electron chi connectivity index (χ3n) is 5.39. The minimum Gasteiger partial charge on any atom is -0.476 e. The summed E-state index contributed by atoms with van der Waals surface area (Å²) in [6.45, 7) is 0. The topological polar surface area (TPSA) is 94.0 Å². The van der Waals surface area contributed by atoms with Crippen LogP contribution in [0.5, 0.6) is 0 Å². The molecule has 3 N–H and O–H groups in total. The molecule has 8 heteroatoms. The first-order chi connectivity index (χ1) is 16.6. The molecule has 0 aliphatic heterocycles. The summed E-state index contributed by atoms with van der Waals surface area (Å²) in [6.07, 6.45) is 2.60. The molecule has 0 saturated carbocycles. The number of carbonyl (C=O) groups is 1. The number of rotatable bonds is 7. The van der Waals surface area contributed by atoms with Crippen LogP contribution in [0.3, 0.4) is 0 Å². The van der Waals surface area contributed by atoms with Crippen molar-refractivity contribution in [1.82, 2.24) is 14.8 Å². The number of aromatic carboxylic acids is 1. The lowest BCUT2D eigenvalue weighted by molar-refractivity contribution is 0.0691. The lowest BCUT2D eigenvalue weighted by Crippen LogP contribution is -1.99. The highest BCUT2D eigenvalue weighted by Gasteiger charge is 2.17. The molecule has 0 aliphatic rings. The van der Waals surface area contributed by atoms with E-state index in [0.29, 0.717) is 11.6 Å². The summed E-state index contributed by atoms with van der Waals surface area (Å²) in [6, 6.07) is 26.6. The van der Waals surface area contributed by atoms with E-state index in [-0.39, 0.29) is 5.69 Å². The number of nitrogens with zero attached hydrogens (tertiary/aromatic N) is 3. The number of thiazole rings is 1. The molecule has 2 aromatic heterocycles. The fraction of sp³-hybridized carbons (Fsp3) is 0.0385. The maximum atomic E-state index is 11.3. The van der Waals surface area contributed by atoms with Gasteiger partial charge in [-0.2, -0.15) is 5.10 Å². The summed E-state index contributed by atoms with van der Waals surface area (Å²) in [5.74, 6) is -1.05. The Bertz CT molecular complexity index is 1440. The molecule has 0 radical (unpaired) electrons. The largest absolute Gasteiger partial charge is 0.476 e. The van der Waals surface area contributed by atoms with E-state index >= 15 is 0 Å². The zero-order valence-corrected chi connectivity index (χ0v) is 19.6. The Morgan fingerprint density at radius 2 is 1.71 bits per heavy atom. The van der Waals surface area contributed by atoms with Crippen LogP contribution in [0.1, 0.15) is 21.6 Å². The minimum atomic E-state index is -1.05. The van der Waals surface area contributed by atoms with E-state index in [0.717, 1.165) is 38.4 Å². The van der Waals surface area contributed by atoms with Crippen LogP contribution in [0.25, 0.3) is 27.5 Å². The molecule has 5 rings (SSSR count). The van der Waals surface area contributed by atoms with Crippen molar-refractivity contribution in [3.05, 3.63) is 107 Å². The van der Waals surface area contributed by atoms with Crippen molar-refractivity contribution in [2.75, 3.05) is 0 Å². The predicted octanol–water partition coefficient (Wildman–Crippen LogP) is 5.92. The van der Waals surface area contributed by atoms with Gasteiger partial charge in [0.05, 0.1) is 5.69 Å². The Morgan fingerprint density at radius 3 is 2.41 bits per heavy atom. The normalized spacial score (nSPS) is 11.0. The molecule has 168 valence electrons. The molecule has 0 spiro atoms. The minimum absolute atomic E-state index is 0.0135. The highest BCUT2D eigenvalue weighted by Crippen LogP contribution is 2.30. The maximum Gasteiger partial charge on any atom is 0.355 e.